The van der Waals surface area contributed by atoms with Gasteiger partial charge in [-0.1, -0.05) is 72.4 Å². The fraction of sp³-hybridized carbons (Fsp3) is 0.204. The number of benzene rings is 7. The number of aromatic amines is 5. The first kappa shape index (κ1) is 86.9. The van der Waals surface area contributed by atoms with Crippen molar-refractivity contribution >= 4 is 137 Å². The summed E-state index contributed by atoms with van der Waals surface area (Å²) in [4.78, 5) is 133. The minimum atomic E-state index is -0.259. The second-order valence-corrected chi connectivity index (χ2v) is 31.3. The molecule has 2 aliphatic rings. The highest BCUT2D eigenvalue weighted by molar-refractivity contribution is 7.98. The topological polar surface area (TPSA) is 453 Å². The molecule has 0 unspecified atom stereocenters. The highest BCUT2D eigenvalue weighted by Crippen LogP contribution is 2.33. The summed E-state index contributed by atoms with van der Waals surface area (Å²) in [7, 11) is 4.85. The molecule has 0 saturated heterocycles. The minimum Gasteiger partial charge on any atom is -0.497 e. The molecular weight excluding hydrogens is 1640 g/mol. The number of ether oxygens (including phenoxy) is 3. The predicted molar refractivity (Wildman–Crippen MR) is 501 cm³/mol. The number of guanidine groups is 1. The van der Waals surface area contributed by atoms with E-state index in [1.165, 1.54) is 51.9 Å². The number of aromatic nitrogens is 20. The lowest BCUT2D eigenvalue weighted by atomic mass is 10.1. The Kier molecular flexibility index (Phi) is 25.8. The van der Waals surface area contributed by atoms with Gasteiger partial charge in [0.15, 0.2) is 5.16 Å². The predicted octanol–water partition coefficient (Wildman–Crippen LogP) is 16.2. The van der Waals surface area contributed by atoms with Crippen molar-refractivity contribution in [1.82, 2.24) is 110 Å². The normalized spacial score (nSPS) is 12.4. The van der Waals surface area contributed by atoms with Gasteiger partial charge in [0.1, 0.15) is 17.2 Å². The third-order valence-corrected chi connectivity index (χ3v) is 22.1. The Morgan fingerprint density at radius 3 is 1.47 bits per heavy atom. The molecule has 0 fully saturated rings. The highest BCUT2D eigenvalue weighted by Gasteiger charge is 2.25. The van der Waals surface area contributed by atoms with Crippen LogP contribution in [0.5, 0.6) is 17.2 Å². The second-order valence-electron chi connectivity index (χ2n) is 30.3. The van der Waals surface area contributed by atoms with Crippen molar-refractivity contribution in [3.8, 4) is 28.5 Å². The number of rotatable bonds is 16. The van der Waals surface area contributed by atoms with Crippen LogP contribution in [0.15, 0.2) is 205 Å². The van der Waals surface area contributed by atoms with E-state index < -0.39 is 0 Å². The number of hydrogen-bond acceptors (Lipinski definition) is 28. The van der Waals surface area contributed by atoms with Crippen LogP contribution in [0.1, 0.15) is 92.6 Å². The molecule has 0 radical (unpaired) electrons. The summed E-state index contributed by atoms with van der Waals surface area (Å²) in [5, 5.41) is 24.1. The van der Waals surface area contributed by atoms with Gasteiger partial charge >= 0.3 is 0 Å². The molecule has 7 aromatic carbocycles. The van der Waals surface area contributed by atoms with E-state index in [0.29, 0.717) is 93.0 Å². The van der Waals surface area contributed by atoms with E-state index in [4.69, 9.17) is 14.2 Å². The number of hydrogen-bond donors (Lipinski definition) is 11. The fourth-order valence-electron chi connectivity index (χ4n) is 14.0. The molecular formula is C93H91N27O7S. The lowest BCUT2D eigenvalue weighted by Gasteiger charge is -2.22. The first-order chi connectivity index (χ1) is 61.6. The minimum absolute atomic E-state index is 0.163. The maximum absolute atomic E-state index is 12.2. The fourth-order valence-corrected chi connectivity index (χ4v) is 14.8. The number of para-hydroxylation sites is 2. The number of nitrogens with one attached hydrogen (secondary N) is 11. The zero-order valence-electron chi connectivity index (χ0n) is 72.9. The van der Waals surface area contributed by atoms with Gasteiger partial charge < -0.3 is 29.8 Å². The first-order valence-electron chi connectivity index (χ1n) is 40.7. The van der Waals surface area contributed by atoms with Crippen LogP contribution in [0.25, 0.3) is 76.8 Å². The van der Waals surface area contributed by atoms with E-state index >= 15 is 0 Å². The summed E-state index contributed by atoms with van der Waals surface area (Å²) in [6.07, 6.45) is 3.29. The molecule has 0 atom stereocenters. The number of thioether (sulfide) groups is 1. The van der Waals surface area contributed by atoms with E-state index in [1.54, 1.807) is 49.0 Å². The van der Waals surface area contributed by atoms with Gasteiger partial charge in [0.05, 0.1) is 99.8 Å². The van der Waals surface area contributed by atoms with E-state index in [9.17, 15) is 19.2 Å². The Bertz CT molecular complexity index is 7490. The molecule has 128 heavy (non-hydrogen) atoms. The Morgan fingerprint density at radius 1 is 0.398 bits per heavy atom. The number of anilines is 8. The molecule has 1 aliphatic carbocycles. The maximum atomic E-state index is 12.2. The number of aryl methyl sites for hydroxylation is 10. The SMILES string of the molecule is C=C1NC(=Nc2nc(C)c3cc(C)ccc3n2)NC2=C1CCC2.COc1ccc2c(C)nc(Nc3nc(-c4ccccc4)cc(=O)[nH]3)nc2c1.COc1ccc2nc(Nc3nc(C)c(C)c(=O)[nH]3)nc(C)c2c1.COc1ccc2nc(Nc3nc(CSc4nc5ccccc5[nH]4)cc(=O)[nH]3)nc(C)c2c1.Cc1cc2nc(Nc3nc(C)c(C)c(=O)[nH]3)nc(C)c2cc1C. The van der Waals surface area contributed by atoms with Crippen LogP contribution in [0.3, 0.4) is 0 Å². The number of aliphatic imine (C=N–C) groups is 1. The molecule has 11 N–H and O–H groups in total. The molecule has 1 aliphatic heterocycles. The molecule has 19 rings (SSSR count). The van der Waals surface area contributed by atoms with Gasteiger partial charge in [-0.05, 0) is 204 Å². The van der Waals surface area contributed by atoms with Gasteiger partial charge in [0.25, 0.3) is 28.2 Å². The summed E-state index contributed by atoms with van der Waals surface area (Å²) in [6, 6.07) is 47.4. The van der Waals surface area contributed by atoms with Gasteiger partial charge in [-0.3, -0.25) is 60.4 Å². The van der Waals surface area contributed by atoms with Gasteiger partial charge in [-0.2, -0.15) is 4.99 Å². The Labute approximate surface area is 736 Å². The van der Waals surface area contributed by atoms with Crippen molar-refractivity contribution in [2.45, 2.75) is 113 Å². The molecule has 11 heterocycles. The smallest absolute Gasteiger partial charge is 0.255 e. The monoisotopic (exact) mass is 1730 g/mol. The van der Waals surface area contributed by atoms with Crippen molar-refractivity contribution in [3.63, 3.8) is 0 Å². The van der Waals surface area contributed by atoms with Gasteiger partial charge in [0, 0.05) is 90.4 Å². The maximum Gasteiger partial charge on any atom is 0.255 e. The zero-order chi connectivity index (χ0) is 90.1. The largest absolute Gasteiger partial charge is 0.497 e. The summed E-state index contributed by atoms with van der Waals surface area (Å²) >= 11 is 1.48. The summed E-state index contributed by atoms with van der Waals surface area (Å²) < 4.78 is 15.8. The van der Waals surface area contributed by atoms with Crippen LogP contribution in [0, 0.1) is 83.1 Å². The van der Waals surface area contributed by atoms with Crippen LogP contribution in [0.2, 0.25) is 0 Å². The lowest BCUT2D eigenvalue weighted by molar-refractivity contribution is 0.415. The average molecular weight is 1730 g/mol. The second kappa shape index (κ2) is 38.0. The van der Waals surface area contributed by atoms with Gasteiger partial charge in [-0.15, -0.1) is 0 Å². The quantitative estimate of drug-likeness (QED) is 0.0400. The molecule has 0 saturated carbocycles. The summed E-state index contributed by atoms with van der Waals surface area (Å²) in [5.41, 5.74) is 20.9. The van der Waals surface area contributed by atoms with Crippen LogP contribution >= 0.6 is 11.8 Å². The van der Waals surface area contributed by atoms with E-state index in [2.05, 4.69) is 182 Å². The zero-order valence-corrected chi connectivity index (χ0v) is 73.7. The number of fused-ring (bicyclic) bond motifs is 6. The molecule has 646 valence electrons. The number of imidazole rings is 1. The van der Waals surface area contributed by atoms with Crippen LogP contribution in [-0.4, -0.2) is 127 Å². The van der Waals surface area contributed by atoms with Crippen molar-refractivity contribution < 1.29 is 14.2 Å². The van der Waals surface area contributed by atoms with Crippen LogP contribution < -0.4 is 68.3 Å². The van der Waals surface area contributed by atoms with E-state index in [-0.39, 0.29) is 34.1 Å². The lowest BCUT2D eigenvalue weighted by Crippen LogP contribution is -2.40. The number of nitrogens with zero attached hydrogens (tertiary/aromatic N) is 16. The Morgan fingerprint density at radius 2 is 0.883 bits per heavy atom. The van der Waals surface area contributed by atoms with E-state index in [0.717, 1.165) is 141 Å². The Balaban J connectivity index is 0.000000124. The molecule has 35 heteroatoms. The molecule has 17 aromatic rings. The summed E-state index contributed by atoms with van der Waals surface area (Å²) in [6.45, 7) is 27.0. The standard InChI is InChI=1S/C22H19N7O2S.C20H17N5O2.C18H19N5.C17H19N5O.C16H17N5O2/c1-12-15-10-14(31-2)7-8-16(15)25-20(23-12)29-21-24-13(9-19(30)28-21)11-32-22-26-17-5-3-4-6-18(17)27-22;1-12-15-9-8-14(27-2)10-17(15)23-19(21-12)25-20-22-16(11-18(26)24-20)13-6-4-3-5-7-13;1-10-7-8-16-14(9-10)12(3)20-18(22-16)23-17-19-11(2)13-5-4-6-15(13)21-17;1-8-6-13-12(5)19-16(20-14(13)7-9(8)2)22-17-18-11(4)10(3)15(23)21-17;1-8-9(2)17-16(20-14(8)22)21-15-18-10(3)12-7-11(23-4)5-6-13(12)19-15/h3-10H,11H2,1-2H3,(H,26,27)(H2,23,24,25,28,29,30);3-11H,1-2H3,(H2,21,22,23,24,25,26);7-9H,2,4-6H2,1,3H3,(H2,19,20,21,22,23);6-7H,1-5H3,(H2,18,19,20,21,22,23);5-7H,1-4H3,(H2,17,18,19,20,21,22). The van der Waals surface area contributed by atoms with Crippen LogP contribution in [-0.2, 0) is 5.75 Å². The molecule has 34 nitrogen and oxygen atoms in total. The molecule has 10 aromatic heterocycles. The number of allylic oxidation sites excluding steroid dienone is 2. The van der Waals surface area contributed by atoms with Crippen molar-refractivity contribution in [3.05, 3.63) is 290 Å². The van der Waals surface area contributed by atoms with Crippen LogP contribution in [0.4, 0.5) is 53.5 Å². The van der Waals surface area contributed by atoms with Gasteiger partial charge in [-0.25, -0.2) is 74.8 Å². The first-order valence-corrected chi connectivity index (χ1v) is 41.7. The highest BCUT2D eigenvalue weighted by atomic mass is 32.2. The molecule has 0 spiro atoms. The van der Waals surface area contributed by atoms with Gasteiger partial charge in [0.2, 0.25) is 53.5 Å². The van der Waals surface area contributed by atoms with Crippen molar-refractivity contribution in [1.29, 1.82) is 0 Å². The third-order valence-electron chi connectivity index (χ3n) is 21.2. The molecule has 0 amide bonds. The third kappa shape index (κ3) is 20.6. The average Bonchev–Trinajstić information content (AvgIpc) is 1.35. The number of H-pyrrole nitrogens is 5. The van der Waals surface area contributed by atoms with Crippen molar-refractivity contribution in [2.24, 2.45) is 4.99 Å². The Hall–Kier alpha value is -16.1. The van der Waals surface area contributed by atoms with E-state index in [1.807, 2.05) is 156 Å². The number of methoxy groups -OCH3 is 3. The van der Waals surface area contributed by atoms with Crippen molar-refractivity contribution in [2.75, 3.05) is 42.6 Å². The summed E-state index contributed by atoms with van der Waals surface area (Å²) in [5.74, 6) is 6.54. The molecule has 0 bridgehead atoms.